The fraction of sp³-hybridized carbons (Fsp3) is 0.667. The minimum atomic E-state index is -1.29. The molecule has 0 unspecified atom stereocenters. The molecule has 1 nitrogen and oxygen atoms in total. The van der Waals surface area contributed by atoms with Crippen LogP contribution in [0.4, 0.5) is 0 Å². The molecule has 0 aromatic carbocycles. The lowest BCUT2D eigenvalue weighted by Crippen LogP contribution is -2.84. The van der Waals surface area contributed by atoms with Crippen molar-refractivity contribution in [3.63, 3.8) is 0 Å². The van der Waals surface area contributed by atoms with Crippen LogP contribution in [-0.2, 0) is 6.04 Å². The predicted molar refractivity (Wildman–Crippen MR) is 104 cm³/mol. The highest BCUT2D eigenvalue weighted by Gasteiger charge is 2.61. The molecule has 0 fully saturated rings. The SMILES string of the molecule is C[Si](C)(C)[Si](Cc1ccccn1)([Si](C)(C)C)[Si](C)(C)C. The summed E-state index contributed by atoms with van der Waals surface area (Å²) in [6.45, 7) is 22.6. The van der Waals surface area contributed by atoms with Gasteiger partial charge >= 0.3 is 0 Å². The van der Waals surface area contributed by atoms with E-state index in [1.54, 1.807) is 0 Å². The Hall–Kier alpha value is 0.0175. The summed E-state index contributed by atoms with van der Waals surface area (Å²) >= 11 is 0. The van der Waals surface area contributed by atoms with E-state index in [2.05, 4.69) is 71.1 Å². The van der Waals surface area contributed by atoms with Crippen molar-refractivity contribution in [3.8, 4) is 0 Å². The van der Waals surface area contributed by atoms with Crippen molar-refractivity contribution in [2.45, 2.75) is 65.0 Å². The predicted octanol–water partition coefficient (Wildman–Crippen LogP) is 4.86. The van der Waals surface area contributed by atoms with Crippen molar-refractivity contribution >= 4 is 29.4 Å². The molecule has 1 aromatic heterocycles. The van der Waals surface area contributed by atoms with Gasteiger partial charge in [-0.3, -0.25) is 4.98 Å². The highest BCUT2D eigenvalue weighted by Crippen LogP contribution is 2.38. The molecular weight excluding hydrogens is 307 g/mol. The number of pyridine rings is 1. The summed E-state index contributed by atoms with van der Waals surface area (Å²) in [4.78, 5) is 4.71. The van der Waals surface area contributed by atoms with E-state index in [1.165, 1.54) is 11.7 Å². The van der Waals surface area contributed by atoms with Crippen LogP contribution in [0.3, 0.4) is 0 Å². The topological polar surface area (TPSA) is 12.9 Å². The summed E-state index contributed by atoms with van der Waals surface area (Å²) in [6.07, 6.45) is 1.98. The maximum atomic E-state index is 4.71. The van der Waals surface area contributed by atoms with E-state index in [9.17, 15) is 0 Å². The van der Waals surface area contributed by atoms with E-state index in [-0.39, 0.29) is 0 Å². The van der Waals surface area contributed by atoms with Gasteiger partial charge < -0.3 is 0 Å². The Morgan fingerprint density at radius 2 is 1.20 bits per heavy atom. The standard InChI is InChI=1S/C15H33NSi4/c1-17(2,3)20(18(4,5)6,19(7,8)9)14-15-12-10-11-13-16-15/h10-13H,14H2,1-9H3. The molecule has 0 spiro atoms. The lowest BCUT2D eigenvalue weighted by molar-refractivity contribution is 1.15. The zero-order valence-electron chi connectivity index (χ0n) is 15.0. The minimum Gasteiger partial charge on any atom is -0.262 e. The molecule has 0 aliphatic carbocycles. The van der Waals surface area contributed by atoms with Crippen LogP contribution in [0.25, 0.3) is 0 Å². The van der Waals surface area contributed by atoms with Crippen LogP contribution in [0.5, 0.6) is 0 Å². The molecule has 0 saturated carbocycles. The Kier molecular flexibility index (Phi) is 5.12. The van der Waals surface area contributed by atoms with Crippen LogP contribution in [0.1, 0.15) is 5.69 Å². The number of aromatic nitrogens is 1. The van der Waals surface area contributed by atoms with Crippen molar-refractivity contribution in [3.05, 3.63) is 30.1 Å². The summed E-state index contributed by atoms with van der Waals surface area (Å²) in [7, 11) is -3.50. The molecule has 1 heterocycles. The van der Waals surface area contributed by atoms with Gasteiger partial charge in [0.15, 0.2) is 0 Å². The third-order valence-corrected chi connectivity index (χ3v) is 78.7. The van der Waals surface area contributed by atoms with Crippen molar-refractivity contribution in [1.82, 2.24) is 4.98 Å². The molecule has 0 aliphatic heterocycles. The zero-order valence-corrected chi connectivity index (χ0v) is 19.0. The average molecular weight is 340 g/mol. The summed E-state index contributed by atoms with van der Waals surface area (Å²) in [6, 6.07) is 7.82. The quantitative estimate of drug-likeness (QED) is 0.698. The largest absolute Gasteiger partial charge is 0.262 e. The zero-order chi connectivity index (χ0) is 15.8. The number of hydrogen-bond donors (Lipinski definition) is 0. The monoisotopic (exact) mass is 339 g/mol. The van der Waals surface area contributed by atoms with Crippen LogP contribution < -0.4 is 0 Å². The lowest BCUT2D eigenvalue weighted by Gasteiger charge is -2.57. The molecule has 114 valence electrons. The van der Waals surface area contributed by atoms with Crippen LogP contribution in [0, 0.1) is 0 Å². The second kappa shape index (κ2) is 5.66. The molecule has 0 N–H and O–H groups in total. The highest BCUT2D eigenvalue weighted by atomic mass is 29.9. The minimum absolute atomic E-state index is 1.17. The molecule has 20 heavy (non-hydrogen) atoms. The number of rotatable bonds is 5. The second-order valence-corrected chi connectivity index (χ2v) is 50.5. The van der Waals surface area contributed by atoms with Gasteiger partial charge in [0.2, 0.25) is 0 Å². The first-order valence-corrected chi connectivity index (χ1v) is 23.4. The van der Waals surface area contributed by atoms with Gasteiger partial charge in [-0.1, -0.05) is 65.0 Å². The molecule has 0 aliphatic rings. The summed E-state index contributed by atoms with van der Waals surface area (Å²) in [5, 5.41) is 0. The maximum absolute atomic E-state index is 4.71. The fourth-order valence-electron chi connectivity index (χ4n) is 4.94. The fourth-order valence-corrected chi connectivity index (χ4v) is 101. The van der Waals surface area contributed by atoms with E-state index >= 15 is 0 Å². The first kappa shape index (κ1) is 18.1. The van der Waals surface area contributed by atoms with Gasteiger partial charge in [-0.05, 0) is 18.2 Å². The molecule has 1 aromatic rings. The van der Waals surface area contributed by atoms with Crippen LogP contribution in [-0.4, -0.2) is 34.4 Å². The van der Waals surface area contributed by atoms with Gasteiger partial charge in [-0.15, -0.1) is 0 Å². The van der Waals surface area contributed by atoms with Gasteiger partial charge in [0.05, 0.1) is 0 Å². The number of nitrogens with zero attached hydrogens (tertiary/aromatic N) is 1. The summed E-state index contributed by atoms with van der Waals surface area (Å²) < 4.78 is 0. The molecule has 0 atom stereocenters. The van der Waals surface area contributed by atoms with Gasteiger partial charge in [0.25, 0.3) is 0 Å². The van der Waals surface area contributed by atoms with Crippen LogP contribution >= 0.6 is 0 Å². The Morgan fingerprint density at radius 1 is 0.750 bits per heavy atom. The van der Waals surface area contributed by atoms with Gasteiger partial charge in [0.1, 0.15) is 0 Å². The Bertz CT molecular complexity index is 402. The van der Waals surface area contributed by atoms with Gasteiger partial charge in [0, 0.05) is 41.3 Å². The maximum Gasteiger partial charge on any atom is 0.0439 e. The van der Waals surface area contributed by atoms with Crippen LogP contribution in [0.2, 0.25) is 58.9 Å². The second-order valence-electron chi connectivity index (χ2n) is 9.15. The van der Waals surface area contributed by atoms with Crippen molar-refractivity contribution in [2.75, 3.05) is 0 Å². The number of hydrogen-bond acceptors (Lipinski definition) is 1. The molecule has 0 saturated heterocycles. The Morgan fingerprint density at radius 3 is 1.50 bits per heavy atom. The van der Waals surface area contributed by atoms with Gasteiger partial charge in [-0.25, -0.2) is 0 Å². The van der Waals surface area contributed by atoms with E-state index in [1.807, 2.05) is 12.3 Å². The van der Waals surface area contributed by atoms with Crippen molar-refractivity contribution in [1.29, 1.82) is 0 Å². The normalized spacial score (nSPS) is 14.4. The highest BCUT2D eigenvalue weighted by molar-refractivity contribution is 7.89. The Labute approximate surface area is 129 Å². The summed E-state index contributed by atoms with van der Waals surface area (Å²) in [5.74, 6) is 0. The first-order chi connectivity index (χ1) is 8.83. The molecule has 5 heteroatoms. The molecule has 0 amide bonds. The third kappa shape index (κ3) is 3.26. The molecule has 0 radical (unpaired) electrons. The van der Waals surface area contributed by atoms with Gasteiger partial charge in [-0.2, -0.15) is 0 Å². The molecule has 0 bridgehead atoms. The Balaban J connectivity index is 3.48. The lowest BCUT2D eigenvalue weighted by atomic mass is 10.4. The van der Waals surface area contributed by atoms with Crippen molar-refractivity contribution < 1.29 is 0 Å². The molecular formula is C15H33NSi4. The molecule has 1 rings (SSSR count). The van der Waals surface area contributed by atoms with E-state index in [0.29, 0.717) is 0 Å². The smallest absolute Gasteiger partial charge is 0.0439 e. The van der Waals surface area contributed by atoms with E-state index in [0.717, 1.165) is 0 Å². The van der Waals surface area contributed by atoms with E-state index in [4.69, 9.17) is 4.98 Å². The van der Waals surface area contributed by atoms with E-state index < -0.39 is 29.4 Å². The van der Waals surface area contributed by atoms with Crippen molar-refractivity contribution in [2.24, 2.45) is 0 Å². The first-order valence-electron chi connectivity index (χ1n) is 7.73. The third-order valence-electron chi connectivity index (χ3n) is 5.01. The average Bonchev–Trinajstić information content (AvgIpc) is 2.22. The van der Waals surface area contributed by atoms with Crippen LogP contribution in [0.15, 0.2) is 24.4 Å². The summed E-state index contributed by atoms with van der Waals surface area (Å²) in [5.41, 5.74) is 1.37.